The first-order chi connectivity index (χ1) is 8.21. The Morgan fingerprint density at radius 1 is 1.18 bits per heavy atom. The highest BCUT2D eigenvalue weighted by molar-refractivity contribution is 4.79. The van der Waals surface area contributed by atoms with Crippen LogP contribution in [0.1, 0.15) is 58.8 Å². The zero-order chi connectivity index (χ0) is 12.7. The van der Waals surface area contributed by atoms with Crippen LogP contribution in [0.3, 0.4) is 0 Å². The average molecular weight is 240 g/mol. The molecule has 1 aliphatic rings. The molecule has 17 heavy (non-hydrogen) atoms. The predicted molar refractivity (Wildman–Crippen MR) is 76.1 cm³/mol. The summed E-state index contributed by atoms with van der Waals surface area (Å²) in [6, 6.07) is 0.823. The third-order valence-corrected chi connectivity index (χ3v) is 4.59. The van der Waals surface area contributed by atoms with E-state index < -0.39 is 0 Å². The van der Waals surface area contributed by atoms with Crippen molar-refractivity contribution in [3.05, 3.63) is 0 Å². The van der Waals surface area contributed by atoms with Crippen molar-refractivity contribution in [2.45, 2.75) is 64.8 Å². The van der Waals surface area contributed by atoms with E-state index in [1.54, 1.807) is 0 Å². The molecule has 0 aromatic carbocycles. The van der Waals surface area contributed by atoms with Gasteiger partial charge in [0.25, 0.3) is 0 Å². The first-order valence-corrected chi connectivity index (χ1v) is 7.61. The molecule has 0 aliphatic heterocycles. The van der Waals surface area contributed by atoms with Crippen molar-refractivity contribution in [2.75, 3.05) is 20.1 Å². The Morgan fingerprint density at radius 2 is 1.82 bits per heavy atom. The van der Waals surface area contributed by atoms with Gasteiger partial charge in [0.15, 0.2) is 0 Å². The number of nitrogens with two attached hydrogens (primary N) is 1. The first-order valence-electron chi connectivity index (χ1n) is 7.61. The molecule has 1 aliphatic carbocycles. The Labute approximate surface area is 108 Å². The summed E-state index contributed by atoms with van der Waals surface area (Å²) in [5, 5.41) is 0. The highest BCUT2D eigenvalue weighted by Crippen LogP contribution is 2.29. The quantitative estimate of drug-likeness (QED) is 0.740. The fourth-order valence-corrected chi connectivity index (χ4v) is 3.24. The largest absolute Gasteiger partial charge is 0.330 e. The molecule has 0 aromatic heterocycles. The SMILES string of the molecule is CCCC(CN)CN(C)C1CCC(CC)CC1. The molecule has 1 fully saturated rings. The molecule has 0 bridgehead atoms. The van der Waals surface area contributed by atoms with Gasteiger partial charge in [0.2, 0.25) is 0 Å². The highest BCUT2D eigenvalue weighted by atomic mass is 15.1. The Hall–Kier alpha value is -0.0800. The van der Waals surface area contributed by atoms with Crippen LogP contribution < -0.4 is 5.73 Å². The molecular formula is C15H32N2. The number of nitrogens with zero attached hydrogens (tertiary/aromatic N) is 1. The lowest BCUT2D eigenvalue weighted by molar-refractivity contribution is 0.143. The fraction of sp³-hybridized carbons (Fsp3) is 1.00. The lowest BCUT2D eigenvalue weighted by atomic mass is 9.84. The maximum absolute atomic E-state index is 5.85. The van der Waals surface area contributed by atoms with Crippen LogP contribution in [-0.4, -0.2) is 31.1 Å². The van der Waals surface area contributed by atoms with Crippen molar-refractivity contribution in [3.63, 3.8) is 0 Å². The third kappa shape index (κ3) is 4.97. The minimum absolute atomic E-state index is 0.703. The van der Waals surface area contributed by atoms with Gasteiger partial charge in [0.05, 0.1) is 0 Å². The highest BCUT2D eigenvalue weighted by Gasteiger charge is 2.24. The van der Waals surface area contributed by atoms with E-state index in [9.17, 15) is 0 Å². The topological polar surface area (TPSA) is 29.3 Å². The van der Waals surface area contributed by atoms with E-state index in [0.717, 1.165) is 18.5 Å². The zero-order valence-corrected chi connectivity index (χ0v) is 12.1. The molecule has 2 heteroatoms. The van der Waals surface area contributed by atoms with Crippen molar-refractivity contribution in [3.8, 4) is 0 Å². The fourth-order valence-electron chi connectivity index (χ4n) is 3.24. The average Bonchev–Trinajstić information content (AvgIpc) is 2.38. The maximum Gasteiger partial charge on any atom is 0.00925 e. The normalized spacial score (nSPS) is 27.4. The van der Waals surface area contributed by atoms with E-state index in [4.69, 9.17) is 5.73 Å². The molecule has 1 rings (SSSR count). The van der Waals surface area contributed by atoms with Gasteiger partial charge in [-0.2, -0.15) is 0 Å². The summed E-state index contributed by atoms with van der Waals surface area (Å²) in [6.07, 6.45) is 9.59. The molecule has 2 N–H and O–H groups in total. The Bertz CT molecular complexity index is 185. The van der Waals surface area contributed by atoms with Gasteiger partial charge in [0.1, 0.15) is 0 Å². The van der Waals surface area contributed by atoms with Gasteiger partial charge in [-0.25, -0.2) is 0 Å². The summed E-state index contributed by atoms with van der Waals surface area (Å²) >= 11 is 0. The van der Waals surface area contributed by atoms with Crippen LogP contribution in [0.15, 0.2) is 0 Å². The van der Waals surface area contributed by atoms with Crippen LogP contribution in [0.25, 0.3) is 0 Å². The smallest absolute Gasteiger partial charge is 0.00925 e. The molecule has 2 nitrogen and oxygen atoms in total. The van der Waals surface area contributed by atoms with Gasteiger partial charge >= 0.3 is 0 Å². The minimum Gasteiger partial charge on any atom is -0.330 e. The first kappa shape index (κ1) is 15.0. The summed E-state index contributed by atoms with van der Waals surface area (Å²) in [6.45, 7) is 6.64. The lowest BCUT2D eigenvalue weighted by Crippen LogP contribution is -2.39. The molecule has 1 saturated carbocycles. The van der Waals surface area contributed by atoms with Gasteiger partial charge in [-0.15, -0.1) is 0 Å². The molecule has 1 atom stereocenters. The molecule has 0 heterocycles. The van der Waals surface area contributed by atoms with Gasteiger partial charge < -0.3 is 10.6 Å². The molecule has 1 unspecified atom stereocenters. The standard InChI is InChI=1S/C15H32N2/c1-4-6-14(11-16)12-17(3)15-9-7-13(5-2)8-10-15/h13-15H,4-12,16H2,1-3H3. The van der Waals surface area contributed by atoms with Gasteiger partial charge in [-0.05, 0) is 57.5 Å². The number of hydrogen-bond donors (Lipinski definition) is 1. The van der Waals surface area contributed by atoms with E-state index in [-0.39, 0.29) is 0 Å². The lowest BCUT2D eigenvalue weighted by Gasteiger charge is -2.36. The molecule has 102 valence electrons. The van der Waals surface area contributed by atoms with E-state index >= 15 is 0 Å². The van der Waals surface area contributed by atoms with Gasteiger partial charge in [0, 0.05) is 12.6 Å². The molecule has 0 amide bonds. The minimum atomic E-state index is 0.703. The second-order valence-corrected chi connectivity index (χ2v) is 5.91. The van der Waals surface area contributed by atoms with Crippen LogP contribution in [0.2, 0.25) is 0 Å². The van der Waals surface area contributed by atoms with Crippen molar-refractivity contribution in [2.24, 2.45) is 17.6 Å². The van der Waals surface area contributed by atoms with E-state index in [0.29, 0.717) is 5.92 Å². The van der Waals surface area contributed by atoms with Crippen molar-refractivity contribution in [1.29, 1.82) is 0 Å². The van der Waals surface area contributed by atoms with E-state index in [1.807, 2.05) is 0 Å². The Kier molecular flexibility index (Phi) is 7.14. The monoisotopic (exact) mass is 240 g/mol. The van der Waals surface area contributed by atoms with Gasteiger partial charge in [-0.1, -0.05) is 26.7 Å². The summed E-state index contributed by atoms with van der Waals surface area (Å²) in [7, 11) is 2.30. The van der Waals surface area contributed by atoms with Crippen LogP contribution >= 0.6 is 0 Å². The molecule has 0 aromatic rings. The summed E-state index contributed by atoms with van der Waals surface area (Å²) < 4.78 is 0. The molecule has 0 spiro atoms. The second-order valence-electron chi connectivity index (χ2n) is 5.91. The molecule has 0 saturated heterocycles. The predicted octanol–water partition coefficient (Wildman–Crippen LogP) is 3.26. The number of rotatable bonds is 7. The van der Waals surface area contributed by atoms with Crippen molar-refractivity contribution >= 4 is 0 Å². The number of hydrogen-bond acceptors (Lipinski definition) is 2. The second kappa shape index (κ2) is 8.10. The van der Waals surface area contributed by atoms with E-state index in [1.165, 1.54) is 51.5 Å². The van der Waals surface area contributed by atoms with Crippen molar-refractivity contribution in [1.82, 2.24) is 4.90 Å². The van der Waals surface area contributed by atoms with Gasteiger partial charge in [-0.3, -0.25) is 0 Å². The third-order valence-electron chi connectivity index (χ3n) is 4.59. The van der Waals surface area contributed by atoms with Crippen LogP contribution in [0.4, 0.5) is 0 Å². The molecular weight excluding hydrogens is 208 g/mol. The summed E-state index contributed by atoms with van der Waals surface area (Å²) in [4.78, 5) is 2.58. The summed E-state index contributed by atoms with van der Waals surface area (Å²) in [5.74, 6) is 1.70. The van der Waals surface area contributed by atoms with Crippen molar-refractivity contribution < 1.29 is 0 Å². The zero-order valence-electron chi connectivity index (χ0n) is 12.1. The summed E-state index contributed by atoms with van der Waals surface area (Å²) in [5.41, 5.74) is 5.85. The Morgan fingerprint density at radius 3 is 2.29 bits per heavy atom. The maximum atomic E-state index is 5.85. The van der Waals surface area contributed by atoms with Crippen LogP contribution in [-0.2, 0) is 0 Å². The Balaban J connectivity index is 2.30. The van der Waals surface area contributed by atoms with E-state index in [2.05, 4.69) is 25.8 Å². The van der Waals surface area contributed by atoms with Crippen LogP contribution in [0, 0.1) is 11.8 Å². The van der Waals surface area contributed by atoms with Crippen LogP contribution in [0.5, 0.6) is 0 Å². The molecule has 0 radical (unpaired) electrons.